The fourth-order valence-electron chi connectivity index (χ4n) is 1.90. The van der Waals surface area contributed by atoms with Gasteiger partial charge in [-0.1, -0.05) is 32.4 Å². The first-order valence-corrected chi connectivity index (χ1v) is 8.42. The number of ether oxygens (including phenoxy) is 1. The van der Waals surface area contributed by atoms with Crippen molar-refractivity contribution in [2.75, 3.05) is 25.2 Å². The zero-order valence-corrected chi connectivity index (χ0v) is 13.3. The van der Waals surface area contributed by atoms with Gasteiger partial charge in [0, 0.05) is 11.8 Å². The van der Waals surface area contributed by atoms with Crippen molar-refractivity contribution in [3.63, 3.8) is 0 Å². The summed E-state index contributed by atoms with van der Waals surface area (Å²) in [6.45, 7) is 5.52. The normalized spacial score (nSPS) is 12.4. The van der Waals surface area contributed by atoms with Gasteiger partial charge in [-0.15, -0.1) is 0 Å². The third-order valence-electron chi connectivity index (χ3n) is 3.06. The largest absolute Gasteiger partial charge is 0.497 e. The van der Waals surface area contributed by atoms with E-state index in [9.17, 15) is 0 Å². The first-order valence-electron chi connectivity index (χ1n) is 7.26. The quantitative estimate of drug-likeness (QED) is 0.647. The number of unbranched alkanes of at least 4 members (excludes halogenated alkanes) is 1. The second-order valence-electron chi connectivity index (χ2n) is 4.71. The zero-order chi connectivity index (χ0) is 13.9. The summed E-state index contributed by atoms with van der Waals surface area (Å²) in [5.41, 5.74) is 1.33. The van der Waals surface area contributed by atoms with Gasteiger partial charge in [-0.2, -0.15) is 11.8 Å². The summed E-state index contributed by atoms with van der Waals surface area (Å²) in [5, 5.41) is 3.64. The Morgan fingerprint density at radius 2 is 2.11 bits per heavy atom. The molecule has 0 saturated heterocycles. The smallest absolute Gasteiger partial charge is 0.119 e. The monoisotopic (exact) mass is 281 g/mol. The van der Waals surface area contributed by atoms with Crippen LogP contribution in [0.1, 0.15) is 44.7 Å². The van der Waals surface area contributed by atoms with Crippen LogP contribution in [0.2, 0.25) is 0 Å². The summed E-state index contributed by atoms with van der Waals surface area (Å²) in [4.78, 5) is 0. The molecule has 1 aromatic rings. The van der Waals surface area contributed by atoms with Gasteiger partial charge in [0.1, 0.15) is 5.75 Å². The fraction of sp³-hybridized carbons (Fsp3) is 0.625. The highest BCUT2D eigenvalue weighted by molar-refractivity contribution is 7.99. The predicted molar refractivity (Wildman–Crippen MR) is 86.3 cm³/mol. The molecule has 0 aromatic heterocycles. The molecule has 0 fully saturated rings. The van der Waals surface area contributed by atoms with Crippen molar-refractivity contribution in [1.29, 1.82) is 0 Å². The lowest BCUT2D eigenvalue weighted by atomic mass is 10.1. The average molecular weight is 281 g/mol. The van der Waals surface area contributed by atoms with E-state index in [-0.39, 0.29) is 0 Å². The first kappa shape index (κ1) is 16.4. The molecule has 1 N–H and O–H groups in total. The Morgan fingerprint density at radius 1 is 1.26 bits per heavy atom. The Hall–Kier alpha value is -0.670. The molecule has 0 spiro atoms. The summed E-state index contributed by atoms with van der Waals surface area (Å²) in [7, 11) is 1.73. The van der Waals surface area contributed by atoms with Gasteiger partial charge < -0.3 is 10.1 Å². The van der Waals surface area contributed by atoms with E-state index >= 15 is 0 Å². The Labute approximate surface area is 122 Å². The summed E-state index contributed by atoms with van der Waals surface area (Å²) in [6.07, 6.45) is 3.75. The maximum atomic E-state index is 5.32. The van der Waals surface area contributed by atoms with Crippen LogP contribution in [-0.2, 0) is 0 Å². The number of nitrogens with one attached hydrogen (secondary N) is 1. The van der Waals surface area contributed by atoms with Gasteiger partial charge in [-0.05, 0) is 42.8 Å². The van der Waals surface area contributed by atoms with E-state index < -0.39 is 0 Å². The molecule has 3 heteroatoms. The second-order valence-corrected chi connectivity index (χ2v) is 5.86. The summed E-state index contributed by atoms with van der Waals surface area (Å²) in [6, 6.07) is 8.84. The zero-order valence-electron chi connectivity index (χ0n) is 12.4. The Morgan fingerprint density at radius 3 is 2.79 bits per heavy atom. The molecule has 1 rings (SSSR count). The van der Waals surface area contributed by atoms with E-state index in [1.807, 2.05) is 17.8 Å². The maximum absolute atomic E-state index is 5.32. The molecule has 0 heterocycles. The molecule has 108 valence electrons. The van der Waals surface area contributed by atoms with Crippen LogP contribution < -0.4 is 10.1 Å². The number of hydrogen-bond acceptors (Lipinski definition) is 3. The standard InChI is InChI=1S/C16H27NOS/c1-4-6-11-19-13-16(17-10-5-2)14-8-7-9-15(12-14)18-3/h7-9,12,16-17H,4-6,10-11,13H2,1-3H3. The molecule has 0 aliphatic heterocycles. The molecule has 0 radical (unpaired) electrons. The number of thioether (sulfide) groups is 1. The molecule has 0 aliphatic rings. The van der Waals surface area contributed by atoms with Gasteiger partial charge in [0.15, 0.2) is 0 Å². The lowest BCUT2D eigenvalue weighted by Gasteiger charge is -2.19. The van der Waals surface area contributed by atoms with Crippen molar-refractivity contribution in [3.05, 3.63) is 29.8 Å². The molecular weight excluding hydrogens is 254 g/mol. The van der Waals surface area contributed by atoms with E-state index in [2.05, 4.69) is 37.4 Å². The average Bonchev–Trinajstić information content (AvgIpc) is 2.46. The van der Waals surface area contributed by atoms with E-state index in [1.54, 1.807) is 7.11 Å². The van der Waals surface area contributed by atoms with Crippen LogP contribution in [-0.4, -0.2) is 25.2 Å². The van der Waals surface area contributed by atoms with Crippen LogP contribution in [0.25, 0.3) is 0 Å². The van der Waals surface area contributed by atoms with E-state index in [4.69, 9.17) is 4.74 Å². The minimum absolute atomic E-state index is 0.428. The van der Waals surface area contributed by atoms with Crippen LogP contribution in [0.3, 0.4) is 0 Å². The first-order chi connectivity index (χ1) is 9.31. The summed E-state index contributed by atoms with van der Waals surface area (Å²) >= 11 is 2.04. The Bertz CT molecular complexity index is 343. The van der Waals surface area contributed by atoms with Crippen molar-refractivity contribution < 1.29 is 4.74 Å². The topological polar surface area (TPSA) is 21.3 Å². The van der Waals surface area contributed by atoms with Gasteiger partial charge >= 0.3 is 0 Å². The highest BCUT2D eigenvalue weighted by atomic mass is 32.2. The van der Waals surface area contributed by atoms with E-state index in [0.717, 1.165) is 18.0 Å². The van der Waals surface area contributed by atoms with Gasteiger partial charge in [-0.25, -0.2) is 0 Å². The SMILES string of the molecule is CCCCSCC(NCCC)c1cccc(OC)c1. The number of rotatable bonds is 10. The summed E-state index contributed by atoms with van der Waals surface area (Å²) in [5.74, 6) is 3.33. The minimum atomic E-state index is 0.428. The Balaban J connectivity index is 2.60. The lowest BCUT2D eigenvalue weighted by Crippen LogP contribution is -2.24. The molecule has 2 nitrogen and oxygen atoms in total. The van der Waals surface area contributed by atoms with Crippen molar-refractivity contribution in [3.8, 4) is 5.75 Å². The predicted octanol–water partition coefficient (Wildman–Crippen LogP) is 4.27. The van der Waals surface area contributed by atoms with Crippen molar-refractivity contribution in [1.82, 2.24) is 5.32 Å². The highest BCUT2D eigenvalue weighted by Crippen LogP contribution is 2.23. The highest BCUT2D eigenvalue weighted by Gasteiger charge is 2.11. The number of benzene rings is 1. The van der Waals surface area contributed by atoms with Crippen molar-refractivity contribution in [2.45, 2.75) is 39.2 Å². The number of methoxy groups -OCH3 is 1. The van der Waals surface area contributed by atoms with Crippen LogP contribution in [0.5, 0.6) is 5.75 Å². The van der Waals surface area contributed by atoms with Crippen molar-refractivity contribution >= 4 is 11.8 Å². The van der Waals surface area contributed by atoms with Crippen LogP contribution in [0.15, 0.2) is 24.3 Å². The molecule has 1 aromatic carbocycles. The molecule has 0 amide bonds. The molecular formula is C16H27NOS. The number of hydrogen-bond donors (Lipinski definition) is 1. The molecule has 19 heavy (non-hydrogen) atoms. The second kappa shape index (κ2) is 10.2. The van der Waals surface area contributed by atoms with Gasteiger partial charge in [0.2, 0.25) is 0 Å². The molecule has 0 aliphatic carbocycles. The van der Waals surface area contributed by atoms with Gasteiger partial charge in [0.05, 0.1) is 7.11 Å². The van der Waals surface area contributed by atoms with Crippen LogP contribution >= 0.6 is 11.8 Å². The lowest BCUT2D eigenvalue weighted by molar-refractivity contribution is 0.413. The van der Waals surface area contributed by atoms with Crippen LogP contribution in [0, 0.1) is 0 Å². The Kier molecular flexibility index (Phi) is 8.76. The fourth-order valence-corrected chi connectivity index (χ4v) is 3.10. The van der Waals surface area contributed by atoms with E-state index in [0.29, 0.717) is 6.04 Å². The minimum Gasteiger partial charge on any atom is -0.497 e. The maximum Gasteiger partial charge on any atom is 0.119 e. The molecule has 0 saturated carbocycles. The molecule has 0 bridgehead atoms. The third kappa shape index (κ3) is 6.35. The molecule has 1 atom stereocenters. The van der Waals surface area contributed by atoms with Crippen LogP contribution in [0.4, 0.5) is 0 Å². The summed E-state index contributed by atoms with van der Waals surface area (Å²) < 4.78 is 5.32. The van der Waals surface area contributed by atoms with Crippen molar-refractivity contribution in [2.24, 2.45) is 0 Å². The molecule has 1 unspecified atom stereocenters. The third-order valence-corrected chi connectivity index (χ3v) is 4.21. The van der Waals surface area contributed by atoms with Gasteiger partial charge in [-0.3, -0.25) is 0 Å². The van der Waals surface area contributed by atoms with Gasteiger partial charge in [0.25, 0.3) is 0 Å². The van der Waals surface area contributed by atoms with E-state index in [1.165, 1.54) is 30.6 Å².